The first kappa shape index (κ1) is 10.9. The van der Waals surface area contributed by atoms with Gasteiger partial charge in [-0.15, -0.1) is 0 Å². The third kappa shape index (κ3) is 1.86. The van der Waals surface area contributed by atoms with Gasteiger partial charge in [-0.25, -0.2) is 4.39 Å². The monoisotopic (exact) mass is 246 g/mol. The molecule has 0 amide bonds. The molecule has 0 saturated heterocycles. The Balaban J connectivity index is 2.06. The predicted molar refractivity (Wildman–Crippen MR) is 64.5 cm³/mol. The molecule has 4 heteroatoms. The number of hydrogen-bond donors (Lipinski definition) is 1. The Morgan fingerprint density at radius 3 is 2.50 bits per heavy atom. The van der Waals surface area contributed by atoms with E-state index in [4.69, 9.17) is 9.47 Å². The second kappa shape index (κ2) is 4.22. The van der Waals surface area contributed by atoms with Crippen molar-refractivity contribution in [2.75, 3.05) is 13.2 Å². The fourth-order valence-corrected chi connectivity index (χ4v) is 1.96. The number of phenols is 1. The molecule has 0 atom stereocenters. The van der Waals surface area contributed by atoms with Gasteiger partial charge in [0, 0.05) is 11.6 Å². The summed E-state index contributed by atoms with van der Waals surface area (Å²) in [5, 5.41) is 9.74. The molecular weight excluding hydrogens is 235 g/mol. The Kier molecular flexibility index (Phi) is 2.55. The molecular formula is C14H11FO3. The van der Waals surface area contributed by atoms with Crippen molar-refractivity contribution in [2.24, 2.45) is 0 Å². The van der Waals surface area contributed by atoms with E-state index in [1.54, 1.807) is 18.2 Å². The molecule has 1 heterocycles. The molecule has 1 aliphatic rings. The lowest BCUT2D eigenvalue weighted by Crippen LogP contribution is -2.15. The molecule has 1 N–H and O–H groups in total. The Morgan fingerprint density at radius 1 is 0.944 bits per heavy atom. The first-order valence-corrected chi connectivity index (χ1v) is 5.62. The molecule has 2 aromatic carbocycles. The fraction of sp³-hybridized carbons (Fsp3) is 0.143. The fourth-order valence-electron chi connectivity index (χ4n) is 1.96. The maximum absolute atomic E-state index is 12.9. The van der Waals surface area contributed by atoms with Crippen LogP contribution >= 0.6 is 0 Å². The summed E-state index contributed by atoms with van der Waals surface area (Å²) in [5.74, 6) is 0.773. The van der Waals surface area contributed by atoms with Crippen LogP contribution < -0.4 is 9.47 Å². The van der Waals surface area contributed by atoms with Crippen LogP contribution in [0.15, 0.2) is 36.4 Å². The summed E-state index contributed by atoms with van der Waals surface area (Å²) in [6, 6.07) is 9.31. The number of hydrogen-bond acceptors (Lipinski definition) is 3. The van der Waals surface area contributed by atoms with Gasteiger partial charge in [0.05, 0.1) is 0 Å². The van der Waals surface area contributed by atoms with E-state index >= 15 is 0 Å². The Morgan fingerprint density at radius 2 is 1.72 bits per heavy atom. The van der Waals surface area contributed by atoms with E-state index < -0.39 is 5.82 Å². The lowest BCUT2D eigenvalue weighted by atomic mass is 10.0. The van der Waals surface area contributed by atoms with Crippen molar-refractivity contribution in [3.05, 3.63) is 42.2 Å². The summed E-state index contributed by atoms with van der Waals surface area (Å²) < 4.78 is 23.8. The van der Waals surface area contributed by atoms with E-state index in [1.807, 2.05) is 0 Å². The standard InChI is InChI=1S/C14H11FO3/c15-10-2-3-11(12(16)8-10)9-1-4-13-14(7-9)18-6-5-17-13/h1-4,7-8,16H,5-6H2. The van der Waals surface area contributed by atoms with Crippen LogP contribution in [0, 0.1) is 5.82 Å². The van der Waals surface area contributed by atoms with Crippen LogP contribution in [-0.2, 0) is 0 Å². The molecule has 1 aliphatic heterocycles. The van der Waals surface area contributed by atoms with Gasteiger partial charge in [0.15, 0.2) is 11.5 Å². The van der Waals surface area contributed by atoms with E-state index in [0.717, 1.165) is 11.6 Å². The number of rotatable bonds is 1. The maximum Gasteiger partial charge on any atom is 0.161 e. The molecule has 18 heavy (non-hydrogen) atoms. The summed E-state index contributed by atoms with van der Waals surface area (Å²) in [4.78, 5) is 0. The number of ether oxygens (including phenoxy) is 2. The minimum atomic E-state index is -0.464. The number of halogens is 1. The van der Waals surface area contributed by atoms with Crippen LogP contribution in [0.2, 0.25) is 0 Å². The summed E-state index contributed by atoms with van der Waals surface area (Å²) >= 11 is 0. The van der Waals surface area contributed by atoms with Gasteiger partial charge >= 0.3 is 0 Å². The molecule has 0 fully saturated rings. The average Bonchev–Trinajstić information content (AvgIpc) is 2.38. The number of aromatic hydroxyl groups is 1. The highest BCUT2D eigenvalue weighted by Gasteiger charge is 2.14. The Bertz CT molecular complexity index is 596. The van der Waals surface area contributed by atoms with Crippen molar-refractivity contribution in [3.8, 4) is 28.4 Å². The van der Waals surface area contributed by atoms with Crippen LogP contribution in [0.3, 0.4) is 0 Å². The third-order valence-electron chi connectivity index (χ3n) is 2.81. The lowest BCUT2D eigenvalue weighted by Gasteiger charge is -2.19. The van der Waals surface area contributed by atoms with Gasteiger partial charge in [-0.05, 0) is 29.8 Å². The van der Waals surface area contributed by atoms with Gasteiger partial charge in [0.2, 0.25) is 0 Å². The highest BCUT2D eigenvalue weighted by atomic mass is 19.1. The normalized spacial score (nSPS) is 13.4. The highest BCUT2D eigenvalue weighted by molar-refractivity contribution is 5.72. The smallest absolute Gasteiger partial charge is 0.161 e. The summed E-state index contributed by atoms with van der Waals surface area (Å²) in [5.41, 5.74) is 1.32. The predicted octanol–water partition coefficient (Wildman–Crippen LogP) is 2.97. The maximum atomic E-state index is 12.9. The molecule has 0 bridgehead atoms. The van der Waals surface area contributed by atoms with Crippen LogP contribution in [0.25, 0.3) is 11.1 Å². The topological polar surface area (TPSA) is 38.7 Å². The van der Waals surface area contributed by atoms with Crippen LogP contribution in [0.4, 0.5) is 4.39 Å². The second-order valence-electron chi connectivity index (χ2n) is 4.02. The van der Waals surface area contributed by atoms with Crippen molar-refractivity contribution in [1.82, 2.24) is 0 Å². The highest BCUT2D eigenvalue weighted by Crippen LogP contribution is 2.37. The average molecular weight is 246 g/mol. The zero-order valence-corrected chi connectivity index (χ0v) is 9.52. The summed E-state index contributed by atoms with van der Waals surface area (Å²) in [6.45, 7) is 1.04. The van der Waals surface area contributed by atoms with Crippen LogP contribution in [0.1, 0.15) is 0 Å². The zero-order chi connectivity index (χ0) is 12.5. The van der Waals surface area contributed by atoms with E-state index in [1.165, 1.54) is 12.1 Å². The van der Waals surface area contributed by atoms with Crippen molar-refractivity contribution in [2.45, 2.75) is 0 Å². The van der Waals surface area contributed by atoms with Gasteiger partial charge in [0.25, 0.3) is 0 Å². The molecule has 0 saturated carbocycles. The third-order valence-corrected chi connectivity index (χ3v) is 2.81. The van der Waals surface area contributed by atoms with Crippen molar-refractivity contribution < 1.29 is 19.0 Å². The lowest BCUT2D eigenvalue weighted by molar-refractivity contribution is 0.171. The van der Waals surface area contributed by atoms with Gasteiger partial charge < -0.3 is 14.6 Å². The molecule has 3 nitrogen and oxygen atoms in total. The molecule has 92 valence electrons. The molecule has 0 radical (unpaired) electrons. The van der Waals surface area contributed by atoms with Crippen LogP contribution in [-0.4, -0.2) is 18.3 Å². The Labute approximate surface area is 103 Å². The quantitative estimate of drug-likeness (QED) is 0.840. The van der Waals surface area contributed by atoms with E-state index in [-0.39, 0.29) is 5.75 Å². The molecule has 2 aromatic rings. The van der Waals surface area contributed by atoms with Crippen molar-refractivity contribution in [3.63, 3.8) is 0 Å². The van der Waals surface area contributed by atoms with Gasteiger partial charge in [-0.1, -0.05) is 6.07 Å². The first-order chi connectivity index (χ1) is 8.74. The second-order valence-corrected chi connectivity index (χ2v) is 4.02. The number of phenolic OH excluding ortho intramolecular Hbond substituents is 1. The molecule has 3 rings (SSSR count). The van der Waals surface area contributed by atoms with E-state index in [2.05, 4.69) is 0 Å². The van der Waals surface area contributed by atoms with E-state index in [0.29, 0.717) is 30.3 Å². The Hall–Kier alpha value is -2.23. The first-order valence-electron chi connectivity index (χ1n) is 5.62. The number of benzene rings is 2. The molecule has 0 spiro atoms. The number of fused-ring (bicyclic) bond motifs is 1. The van der Waals surface area contributed by atoms with Gasteiger partial charge in [0.1, 0.15) is 24.8 Å². The minimum Gasteiger partial charge on any atom is -0.507 e. The van der Waals surface area contributed by atoms with E-state index in [9.17, 15) is 9.50 Å². The van der Waals surface area contributed by atoms with Crippen LogP contribution in [0.5, 0.6) is 17.2 Å². The van der Waals surface area contributed by atoms with Gasteiger partial charge in [-0.2, -0.15) is 0 Å². The largest absolute Gasteiger partial charge is 0.507 e. The van der Waals surface area contributed by atoms with Crippen molar-refractivity contribution >= 4 is 0 Å². The summed E-state index contributed by atoms with van der Waals surface area (Å²) in [7, 11) is 0. The SMILES string of the molecule is Oc1cc(F)ccc1-c1ccc2c(c1)OCCO2. The minimum absolute atomic E-state index is 0.0910. The van der Waals surface area contributed by atoms with Crippen molar-refractivity contribution in [1.29, 1.82) is 0 Å². The summed E-state index contributed by atoms with van der Waals surface area (Å²) in [6.07, 6.45) is 0. The molecule has 0 aliphatic carbocycles. The zero-order valence-electron chi connectivity index (χ0n) is 9.52. The molecule has 0 aromatic heterocycles. The van der Waals surface area contributed by atoms with Gasteiger partial charge in [-0.3, -0.25) is 0 Å². The molecule has 0 unspecified atom stereocenters.